The normalized spacial score (nSPS) is 9.75. The van der Waals surface area contributed by atoms with Gasteiger partial charge in [0, 0.05) is 24.5 Å². The van der Waals surface area contributed by atoms with Gasteiger partial charge in [-0.3, -0.25) is 10.2 Å². The van der Waals surface area contributed by atoms with Gasteiger partial charge in [0.2, 0.25) is 12.3 Å². The Balaban J connectivity index is 0.000000648. The van der Waals surface area contributed by atoms with Crippen molar-refractivity contribution in [1.29, 1.82) is 0 Å². The number of nitrogens with two attached hydrogens (primary N) is 1. The first kappa shape index (κ1) is 19.2. The standard InChI is InChI=1S/C14H13F3N2O.CH4N2O/c1-18-12-6-2-5-11(15)10(12)8-20-14-9(13(16)17)4-3-7-19-14;2-3-1-4/h2-7,13,18H,8H2,1H3;1H,2H2,(H,3,4). The lowest BCUT2D eigenvalue weighted by Crippen LogP contribution is -2.18. The highest BCUT2D eigenvalue weighted by molar-refractivity contribution is 5.51. The Labute approximate surface area is 136 Å². The topological polar surface area (TPSA) is 89.3 Å². The average Bonchev–Trinajstić information content (AvgIpc) is 2.60. The van der Waals surface area contributed by atoms with Crippen LogP contribution in [0.3, 0.4) is 0 Å². The number of hydrazine groups is 1. The van der Waals surface area contributed by atoms with Crippen LogP contribution in [0.5, 0.6) is 5.88 Å². The third kappa shape index (κ3) is 5.43. The van der Waals surface area contributed by atoms with Gasteiger partial charge in [-0.15, -0.1) is 0 Å². The molecule has 2 rings (SSSR count). The summed E-state index contributed by atoms with van der Waals surface area (Å²) in [5.41, 5.74) is 2.25. The molecule has 2 aromatic rings. The number of alkyl halides is 2. The third-order valence-corrected chi connectivity index (χ3v) is 2.85. The van der Waals surface area contributed by atoms with Gasteiger partial charge in [0.25, 0.3) is 6.43 Å². The number of ether oxygens (including phenoxy) is 1. The van der Waals surface area contributed by atoms with Gasteiger partial charge >= 0.3 is 0 Å². The Bertz CT molecular complexity index is 656. The zero-order valence-corrected chi connectivity index (χ0v) is 12.8. The number of carbonyl (C=O) groups is 1. The van der Waals surface area contributed by atoms with Gasteiger partial charge in [0.15, 0.2) is 0 Å². The van der Waals surface area contributed by atoms with E-state index in [9.17, 15) is 13.2 Å². The fourth-order valence-corrected chi connectivity index (χ4v) is 1.77. The molecule has 9 heteroatoms. The summed E-state index contributed by atoms with van der Waals surface area (Å²) >= 11 is 0. The summed E-state index contributed by atoms with van der Waals surface area (Å²) in [4.78, 5) is 12.7. The van der Waals surface area contributed by atoms with Gasteiger partial charge in [0.05, 0.1) is 5.56 Å². The number of nitrogens with one attached hydrogen (secondary N) is 2. The van der Waals surface area contributed by atoms with Crippen LogP contribution in [-0.4, -0.2) is 18.4 Å². The highest BCUT2D eigenvalue weighted by Gasteiger charge is 2.16. The van der Waals surface area contributed by atoms with E-state index < -0.39 is 12.2 Å². The van der Waals surface area contributed by atoms with Crippen LogP contribution < -0.4 is 21.3 Å². The van der Waals surface area contributed by atoms with Crippen LogP contribution >= 0.6 is 0 Å². The molecule has 0 spiro atoms. The van der Waals surface area contributed by atoms with Crippen molar-refractivity contribution >= 4 is 12.1 Å². The molecule has 0 aliphatic carbocycles. The van der Waals surface area contributed by atoms with Crippen LogP contribution in [-0.2, 0) is 11.4 Å². The van der Waals surface area contributed by atoms with Crippen molar-refractivity contribution in [3.63, 3.8) is 0 Å². The average molecular weight is 342 g/mol. The minimum absolute atomic E-state index is 0.181. The number of pyridine rings is 1. The van der Waals surface area contributed by atoms with Crippen LogP contribution in [0.4, 0.5) is 18.9 Å². The second-order valence-electron chi connectivity index (χ2n) is 4.29. The molecular weight excluding hydrogens is 325 g/mol. The number of nitrogens with zero attached hydrogens (tertiary/aromatic N) is 1. The van der Waals surface area contributed by atoms with Gasteiger partial charge in [-0.05, 0) is 24.3 Å². The van der Waals surface area contributed by atoms with Gasteiger partial charge in [0.1, 0.15) is 12.4 Å². The Morgan fingerprint density at radius 1 is 1.33 bits per heavy atom. The zero-order valence-electron chi connectivity index (χ0n) is 12.8. The predicted octanol–water partition coefficient (Wildman–Crippen LogP) is 2.39. The molecule has 0 saturated carbocycles. The van der Waals surface area contributed by atoms with Crippen LogP contribution in [0.15, 0.2) is 36.5 Å². The van der Waals surface area contributed by atoms with E-state index in [0.29, 0.717) is 12.1 Å². The molecule has 0 aliphatic heterocycles. The first-order valence-electron chi connectivity index (χ1n) is 6.75. The molecule has 1 amide bonds. The molecule has 24 heavy (non-hydrogen) atoms. The largest absolute Gasteiger partial charge is 0.472 e. The number of hydrogen-bond donors (Lipinski definition) is 3. The molecule has 0 saturated heterocycles. The van der Waals surface area contributed by atoms with Crippen molar-refractivity contribution in [1.82, 2.24) is 10.4 Å². The smallest absolute Gasteiger partial charge is 0.269 e. The Morgan fingerprint density at radius 3 is 2.62 bits per heavy atom. The van der Waals surface area contributed by atoms with E-state index in [4.69, 9.17) is 9.53 Å². The van der Waals surface area contributed by atoms with Crippen molar-refractivity contribution in [2.24, 2.45) is 5.84 Å². The SMILES string of the molecule is CNc1cccc(F)c1COc1ncccc1C(F)F.NNC=O. The van der Waals surface area contributed by atoms with Crippen molar-refractivity contribution in [2.45, 2.75) is 13.0 Å². The lowest BCUT2D eigenvalue weighted by Gasteiger charge is -2.13. The molecule has 1 aromatic heterocycles. The molecule has 0 aliphatic rings. The summed E-state index contributed by atoms with van der Waals surface area (Å²) in [5.74, 6) is 3.76. The van der Waals surface area contributed by atoms with Crippen molar-refractivity contribution in [3.8, 4) is 5.88 Å². The number of aromatic nitrogens is 1. The van der Waals surface area contributed by atoms with E-state index in [2.05, 4.69) is 16.1 Å². The molecular formula is C15H17F3N4O2. The van der Waals surface area contributed by atoms with Crippen LogP contribution in [0.25, 0.3) is 0 Å². The number of benzene rings is 1. The Morgan fingerprint density at radius 2 is 2.04 bits per heavy atom. The second-order valence-corrected chi connectivity index (χ2v) is 4.29. The maximum atomic E-state index is 13.7. The number of hydrogen-bond acceptors (Lipinski definition) is 5. The summed E-state index contributed by atoms with van der Waals surface area (Å²) in [5, 5.41) is 2.82. The van der Waals surface area contributed by atoms with Gasteiger partial charge < -0.3 is 10.1 Å². The molecule has 6 nitrogen and oxygen atoms in total. The highest BCUT2D eigenvalue weighted by Crippen LogP contribution is 2.28. The first-order valence-corrected chi connectivity index (χ1v) is 6.75. The molecule has 0 radical (unpaired) electrons. The minimum atomic E-state index is -2.69. The summed E-state index contributed by atoms with van der Waals surface area (Å²) in [7, 11) is 1.64. The maximum Gasteiger partial charge on any atom is 0.269 e. The Kier molecular flexibility index (Phi) is 8.06. The quantitative estimate of drug-likeness (QED) is 0.325. The minimum Gasteiger partial charge on any atom is -0.472 e. The number of anilines is 1. The molecule has 0 fully saturated rings. The van der Waals surface area contributed by atoms with Gasteiger partial charge in [-0.1, -0.05) is 6.07 Å². The summed E-state index contributed by atoms with van der Waals surface area (Å²) in [6.45, 7) is -0.181. The molecule has 0 unspecified atom stereocenters. The zero-order chi connectivity index (χ0) is 17.9. The predicted molar refractivity (Wildman–Crippen MR) is 82.9 cm³/mol. The molecule has 130 valence electrons. The molecule has 1 aromatic carbocycles. The van der Waals surface area contributed by atoms with E-state index in [0.717, 1.165) is 0 Å². The van der Waals surface area contributed by atoms with E-state index in [1.165, 1.54) is 24.4 Å². The fraction of sp³-hybridized carbons (Fsp3) is 0.200. The van der Waals surface area contributed by atoms with E-state index in [1.54, 1.807) is 24.6 Å². The van der Waals surface area contributed by atoms with Crippen LogP contribution in [0.2, 0.25) is 0 Å². The van der Waals surface area contributed by atoms with Crippen molar-refractivity contribution < 1.29 is 22.7 Å². The lowest BCUT2D eigenvalue weighted by molar-refractivity contribution is -0.109. The molecule has 0 atom stereocenters. The van der Waals surface area contributed by atoms with E-state index in [-0.39, 0.29) is 23.6 Å². The maximum absolute atomic E-state index is 13.7. The fourth-order valence-electron chi connectivity index (χ4n) is 1.77. The van der Waals surface area contributed by atoms with E-state index >= 15 is 0 Å². The second kappa shape index (κ2) is 10.1. The van der Waals surface area contributed by atoms with Crippen molar-refractivity contribution in [2.75, 3.05) is 12.4 Å². The van der Waals surface area contributed by atoms with Crippen LogP contribution in [0.1, 0.15) is 17.6 Å². The number of rotatable bonds is 6. The summed E-state index contributed by atoms with van der Waals surface area (Å²) < 4.78 is 44.5. The van der Waals surface area contributed by atoms with Gasteiger partial charge in [-0.2, -0.15) is 0 Å². The monoisotopic (exact) mass is 342 g/mol. The highest BCUT2D eigenvalue weighted by atomic mass is 19.3. The lowest BCUT2D eigenvalue weighted by atomic mass is 10.2. The van der Waals surface area contributed by atoms with Crippen LogP contribution in [0, 0.1) is 5.82 Å². The number of carbonyl (C=O) groups excluding carboxylic acids is 1. The first-order chi connectivity index (χ1) is 11.5. The molecule has 1 heterocycles. The van der Waals surface area contributed by atoms with E-state index in [1.807, 2.05) is 0 Å². The Hall–Kier alpha value is -2.81. The number of amides is 1. The molecule has 4 N–H and O–H groups in total. The van der Waals surface area contributed by atoms with Gasteiger partial charge in [-0.25, -0.2) is 24.0 Å². The number of halogens is 3. The summed E-state index contributed by atoms with van der Waals surface area (Å²) in [6, 6.07) is 7.14. The third-order valence-electron chi connectivity index (χ3n) is 2.85. The van der Waals surface area contributed by atoms with Crippen molar-refractivity contribution in [3.05, 3.63) is 53.5 Å². The summed E-state index contributed by atoms with van der Waals surface area (Å²) in [6.07, 6.45) is -0.940. The molecule has 0 bridgehead atoms.